The van der Waals surface area contributed by atoms with Gasteiger partial charge in [-0.25, -0.2) is 0 Å². The monoisotopic (exact) mass is 337 g/mol. The molecule has 110 valence electrons. The third kappa shape index (κ3) is 6.38. The van der Waals surface area contributed by atoms with Gasteiger partial charge in [-0.05, 0) is 50.8 Å². The van der Waals surface area contributed by atoms with Crippen LogP contribution < -0.4 is 5.32 Å². The fourth-order valence-corrected chi connectivity index (χ4v) is 2.55. The molecule has 2 nitrogen and oxygen atoms in total. The molecule has 0 aliphatic rings. The summed E-state index contributed by atoms with van der Waals surface area (Å²) in [7, 11) is 0. The van der Waals surface area contributed by atoms with Crippen LogP contribution in [0.4, 0.5) is 5.69 Å². The van der Waals surface area contributed by atoms with Crippen molar-refractivity contribution >= 4 is 27.5 Å². The number of halogens is 1. The van der Waals surface area contributed by atoms with Gasteiger partial charge in [0.05, 0.1) is 0 Å². The molecule has 0 aromatic heterocycles. The van der Waals surface area contributed by atoms with Gasteiger partial charge in [-0.3, -0.25) is 4.79 Å². The lowest BCUT2D eigenvalue weighted by Crippen LogP contribution is -2.22. The van der Waals surface area contributed by atoms with E-state index < -0.39 is 0 Å². The van der Waals surface area contributed by atoms with Gasteiger partial charge in [-0.15, -0.1) is 0 Å². The van der Waals surface area contributed by atoms with Crippen LogP contribution in [0, 0.1) is 5.92 Å². The van der Waals surface area contributed by atoms with Crippen molar-refractivity contribution < 1.29 is 4.79 Å². The normalized spacial score (nSPS) is 12.6. The third-order valence-corrected chi connectivity index (χ3v) is 3.86. The lowest BCUT2D eigenvalue weighted by atomic mass is 9.97. The zero-order valence-corrected chi connectivity index (χ0v) is 13.9. The number of rotatable bonds is 8. The number of benzene rings is 1. The highest BCUT2D eigenvalue weighted by molar-refractivity contribution is 9.10. The SMILES string of the molecule is CC=CCCCCC(CC)C(=O)Nc1cccc(Br)c1. The van der Waals surface area contributed by atoms with Gasteiger partial charge in [-0.1, -0.05) is 47.5 Å². The van der Waals surface area contributed by atoms with Crippen LogP contribution in [0.1, 0.15) is 46.0 Å². The first kappa shape index (κ1) is 17.0. The van der Waals surface area contributed by atoms with Gasteiger partial charge in [0.1, 0.15) is 0 Å². The van der Waals surface area contributed by atoms with Crippen LogP contribution in [0.3, 0.4) is 0 Å². The Labute approximate surface area is 130 Å². The van der Waals surface area contributed by atoms with E-state index in [2.05, 4.69) is 40.3 Å². The number of carbonyl (C=O) groups excluding carboxylic acids is 1. The van der Waals surface area contributed by atoms with Gasteiger partial charge in [-0.2, -0.15) is 0 Å². The second-order valence-corrected chi connectivity index (χ2v) is 5.87. The Kier molecular flexibility index (Phi) is 8.28. The quantitative estimate of drug-likeness (QED) is 0.489. The maximum atomic E-state index is 12.2. The summed E-state index contributed by atoms with van der Waals surface area (Å²) in [4.78, 5) is 12.2. The van der Waals surface area contributed by atoms with Crippen molar-refractivity contribution in [1.29, 1.82) is 0 Å². The van der Waals surface area contributed by atoms with Crippen molar-refractivity contribution in [3.8, 4) is 0 Å². The smallest absolute Gasteiger partial charge is 0.227 e. The zero-order chi connectivity index (χ0) is 14.8. The van der Waals surface area contributed by atoms with Crippen molar-refractivity contribution in [2.45, 2.75) is 46.0 Å². The van der Waals surface area contributed by atoms with E-state index in [9.17, 15) is 4.79 Å². The Balaban J connectivity index is 2.42. The summed E-state index contributed by atoms with van der Waals surface area (Å²) in [5.41, 5.74) is 0.858. The molecular weight excluding hydrogens is 314 g/mol. The molecule has 0 radical (unpaired) electrons. The van der Waals surface area contributed by atoms with E-state index in [-0.39, 0.29) is 11.8 Å². The van der Waals surface area contributed by atoms with E-state index in [0.29, 0.717) is 0 Å². The number of hydrogen-bond acceptors (Lipinski definition) is 1. The highest BCUT2D eigenvalue weighted by atomic mass is 79.9. The van der Waals surface area contributed by atoms with Gasteiger partial charge in [0.25, 0.3) is 0 Å². The van der Waals surface area contributed by atoms with Crippen LogP contribution >= 0.6 is 15.9 Å². The minimum absolute atomic E-state index is 0.111. The number of hydrogen-bond donors (Lipinski definition) is 1. The van der Waals surface area contributed by atoms with Crippen LogP contribution in [0.5, 0.6) is 0 Å². The Morgan fingerprint density at radius 1 is 1.40 bits per heavy atom. The van der Waals surface area contributed by atoms with Crippen molar-refractivity contribution in [3.05, 3.63) is 40.9 Å². The molecule has 0 aliphatic heterocycles. The van der Waals surface area contributed by atoms with Crippen LogP contribution in [-0.2, 0) is 4.79 Å². The maximum absolute atomic E-state index is 12.2. The Morgan fingerprint density at radius 2 is 2.20 bits per heavy atom. The second kappa shape index (κ2) is 9.76. The molecule has 1 aromatic rings. The molecule has 1 atom stereocenters. The molecule has 0 fully saturated rings. The second-order valence-electron chi connectivity index (χ2n) is 4.96. The minimum Gasteiger partial charge on any atom is -0.326 e. The molecule has 1 rings (SSSR count). The molecule has 0 saturated heterocycles. The molecular formula is C17H24BrNO. The summed E-state index contributed by atoms with van der Waals surface area (Å²) in [5, 5.41) is 3.00. The highest BCUT2D eigenvalue weighted by Crippen LogP contribution is 2.19. The molecule has 1 N–H and O–H groups in total. The summed E-state index contributed by atoms with van der Waals surface area (Å²) in [6.45, 7) is 4.12. The van der Waals surface area contributed by atoms with Crippen molar-refractivity contribution in [2.24, 2.45) is 5.92 Å². The van der Waals surface area contributed by atoms with Gasteiger partial charge >= 0.3 is 0 Å². The fourth-order valence-electron chi connectivity index (χ4n) is 2.15. The molecule has 0 spiro atoms. The van der Waals surface area contributed by atoms with E-state index in [1.165, 1.54) is 0 Å². The first-order valence-corrected chi connectivity index (χ1v) is 8.14. The maximum Gasteiger partial charge on any atom is 0.227 e. The van der Waals surface area contributed by atoms with Crippen LogP contribution in [-0.4, -0.2) is 5.91 Å². The van der Waals surface area contributed by atoms with Gasteiger partial charge in [0, 0.05) is 16.1 Å². The molecule has 3 heteroatoms. The first-order valence-electron chi connectivity index (χ1n) is 7.35. The largest absolute Gasteiger partial charge is 0.326 e. The van der Waals surface area contributed by atoms with E-state index >= 15 is 0 Å². The summed E-state index contributed by atoms with van der Waals surface area (Å²) < 4.78 is 0.981. The lowest BCUT2D eigenvalue weighted by molar-refractivity contribution is -0.120. The van der Waals surface area contributed by atoms with E-state index in [1.54, 1.807) is 0 Å². The Hall–Kier alpha value is -1.09. The molecule has 0 saturated carbocycles. The van der Waals surface area contributed by atoms with Gasteiger partial charge in [0.2, 0.25) is 5.91 Å². The van der Waals surface area contributed by atoms with Crippen molar-refractivity contribution in [1.82, 2.24) is 0 Å². The van der Waals surface area contributed by atoms with E-state index in [1.807, 2.05) is 31.2 Å². The van der Waals surface area contributed by atoms with Gasteiger partial charge < -0.3 is 5.32 Å². The molecule has 1 unspecified atom stereocenters. The predicted octanol–water partition coefficient (Wildman–Crippen LogP) is 5.55. The predicted molar refractivity (Wildman–Crippen MR) is 89.8 cm³/mol. The number of amides is 1. The molecule has 0 heterocycles. The molecule has 20 heavy (non-hydrogen) atoms. The molecule has 1 aromatic carbocycles. The zero-order valence-electron chi connectivity index (χ0n) is 12.4. The number of unbranched alkanes of at least 4 members (excludes halogenated alkanes) is 2. The van der Waals surface area contributed by atoms with Crippen LogP contribution in [0.15, 0.2) is 40.9 Å². The average Bonchev–Trinajstić information content (AvgIpc) is 2.42. The fraction of sp³-hybridized carbons (Fsp3) is 0.471. The highest BCUT2D eigenvalue weighted by Gasteiger charge is 2.15. The summed E-state index contributed by atoms with van der Waals surface area (Å²) in [6.07, 6.45) is 9.50. The van der Waals surface area contributed by atoms with Crippen molar-refractivity contribution in [2.75, 3.05) is 5.32 Å². The van der Waals surface area contributed by atoms with Crippen molar-refractivity contribution in [3.63, 3.8) is 0 Å². The average molecular weight is 338 g/mol. The minimum atomic E-state index is 0.111. The lowest BCUT2D eigenvalue weighted by Gasteiger charge is -2.15. The standard InChI is InChI=1S/C17H24BrNO/c1-3-5-6-7-8-10-14(4-2)17(20)19-16-12-9-11-15(18)13-16/h3,5,9,11-14H,4,6-8,10H2,1-2H3,(H,19,20). The third-order valence-electron chi connectivity index (χ3n) is 3.36. The number of anilines is 1. The first-order chi connectivity index (χ1) is 9.67. The Morgan fingerprint density at radius 3 is 2.85 bits per heavy atom. The van der Waals surface area contributed by atoms with Crippen LogP contribution in [0.2, 0.25) is 0 Å². The summed E-state index contributed by atoms with van der Waals surface area (Å²) >= 11 is 3.41. The molecule has 1 amide bonds. The summed E-state index contributed by atoms with van der Waals surface area (Å²) in [6, 6.07) is 7.73. The Bertz CT molecular complexity index is 442. The van der Waals surface area contributed by atoms with Gasteiger partial charge in [0.15, 0.2) is 0 Å². The molecule has 0 bridgehead atoms. The number of allylic oxidation sites excluding steroid dienone is 2. The number of nitrogens with one attached hydrogen (secondary N) is 1. The topological polar surface area (TPSA) is 29.1 Å². The van der Waals surface area contributed by atoms with E-state index in [0.717, 1.165) is 42.3 Å². The summed E-state index contributed by atoms with van der Waals surface area (Å²) in [5.74, 6) is 0.247. The number of carbonyl (C=O) groups is 1. The van der Waals surface area contributed by atoms with E-state index in [4.69, 9.17) is 0 Å². The van der Waals surface area contributed by atoms with Crippen LogP contribution in [0.25, 0.3) is 0 Å². The molecule has 0 aliphatic carbocycles.